The van der Waals surface area contributed by atoms with Crippen LogP contribution in [-0.4, -0.2) is 25.7 Å². The van der Waals surface area contributed by atoms with E-state index in [9.17, 15) is 4.79 Å². The molecule has 0 spiro atoms. The maximum absolute atomic E-state index is 10.4. The number of carbonyl (C=O) groups excluding carboxylic acids is 1. The first-order valence-electron chi connectivity index (χ1n) is 2.73. The molecule has 0 aliphatic rings. The molecule has 0 saturated heterocycles. The first-order valence-corrected chi connectivity index (χ1v) is 2.73. The van der Waals surface area contributed by atoms with Crippen LogP contribution >= 0.6 is 0 Å². The summed E-state index contributed by atoms with van der Waals surface area (Å²) in [6.45, 7) is 0.315. The Morgan fingerprint density at radius 1 is 1.78 bits per heavy atom. The molecule has 54 valence electrons. The molecule has 9 heavy (non-hydrogen) atoms. The van der Waals surface area contributed by atoms with Crippen molar-refractivity contribution in [1.29, 1.82) is 0 Å². The van der Waals surface area contributed by atoms with E-state index < -0.39 is 0 Å². The van der Waals surface area contributed by atoms with Crippen molar-refractivity contribution in [3.63, 3.8) is 0 Å². The van der Waals surface area contributed by atoms with Crippen molar-refractivity contribution in [2.45, 2.75) is 12.5 Å². The van der Waals surface area contributed by atoms with Crippen molar-refractivity contribution in [1.82, 2.24) is 0 Å². The highest BCUT2D eigenvalue weighted by Crippen LogP contribution is 1.86. The van der Waals surface area contributed by atoms with Crippen LogP contribution in [0.4, 0.5) is 0 Å². The summed E-state index contributed by atoms with van der Waals surface area (Å²) in [6.07, 6.45) is 0.201. The SMILES string of the molecule is COC(=O)CC(N)CN. The van der Waals surface area contributed by atoms with Crippen LogP contribution in [0.1, 0.15) is 6.42 Å². The summed E-state index contributed by atoms with van der Waals surface area (Å²) >= 11 is 0. The number of methoxy groups -OCH3 is 1. The quantitative estimate of drug-likeness (QED) is 0.474. The normalized spacial score (nSPS) is 12.8. The van der Waals surface area contributed by atoms with Crippen molar-refractivity contribution < 1.29 is 9.53 Å². The second-order valence-corrected chi connectivity index (χ2v) is 1.78. The molecule has 0 saturated carbocycles. The van der Waals surface area contributed by atoms with Gasteiger partial charge in [-0.25, -0.2) is 0 Å². The zero-order valence-electron chi connectivity index (χ0n) is 5.46. The third-order valence-corrected chi connectivity index (χ3v) is 0.959. The maximum Gasteiger partial charge on any atom is 0.307 e. The summed E-state index contributed by atoms with van der Waals surface area (Å²) in [5.41, 5.74) is 10.5. The number of carbonyl (C=O) groups is 1. The molecule has 0 aromatic carbocycles. The van der Waals surface area contributed by atoms with Gasteiger partial charge in [0, 0.05) is 12.6 Å². The van der Waals surface area contributed by atoms with E-state index in [-0.39, 0.29) is 18.4 Å². The van der Waals surface area contributed by atoms with E-state index in [1.165, 1.54) is 7.11 Å². The molecule has 0 bridgehead atoms. The van der Waals surface area contributed by atoms with Crippen LogP contribution in [-0.2, 0) is 9.53 Å². The van der Waals surface area contributed by atoms with Crippen LogP contribution in [0.15, 0.2) is 0 Å². The van der Waals surface area contributed by atoms with Crippen molar-refractivity contribution in [2.24, 2.45) is 11.5 Å². The van der Waals surface area contributed by atoms with Gasteiger partial charge in [-0.1, -0.05) is 0 Å². The van der Waals surface area contributed by atoms with Crippen molar-refractivity contribution >= 4 is 5.97 Å². The molecule has 0 fully saturated rings. The Labute approximate surface area is 54.2 Å². The van der Waals surface area contributed by atoms with Crippen LogP contribution in [0, 0.1) is 0 Å². The molecular formula is C5H12N2O2. The summed E-state index contributed by atoms with van der Waals surface area (Å²) < 4.78 is 4.35. The van der Waals surface area contributed by atoms with E-state index in [0.717, 1.165) is 0 Å². The summed E-state index contributed by atoms with van der Waals surface area (Å²) in [7, 11) is 1.32. The van der Waals surface area contributed by atoms with Gasteiger partial charge in [0.1, 0.15) is 0 Å². The highest BCUT2D eigenvalue weighted by atomic mass is 16.5. The van der Waals surface area contributed by atoms with Crippen LogP contribution in [0.3, 0.4) is 0 Å². The Balaban J connectivity index is 3.34. The molecule has 0 aliphatic heterocycles. The fourth-order valence-electron chi connectivity index (χ4n) is 0.381. The number of ether oxygens (including phenoxy) is 1. The van der Waals surface area contributed by atoms with E-state index in [1.54, 1.807) is 0 Å². The van der Waals surface area contributed by atoms with Crippen LogP contribution in [0.2, 0.25) is 0 Å². The number of esters is 1. The molecule has 0 rings (SSSR count). The van der Waals surface area contributed by atoms with Gasteiger partial charge in [0.05, 0.1) is 13.5 Å². The molecule has 4 N–H and O–H groups in total. The monoisotopic (exact) mass is 132 g/mol. The van der Waals surface area contributed by atoms with Gasteiger partial charge in [-0.2, -0.15) is 0 Å². The van der Waals surface area contributed by atoms with E-state index in [0.29, 0.717) is 6.54 Å². The van der Waals surface area contributed by atoms with Crippen LogP contribution < -0.4 is 11.5 Å². The Bertz CT molecular complexity index is 95.0. The zero-order chi connectivity index (χ0) is 7.28. The lowest BCUT2D eigenvalue weighted by Crippen LogP contribution is -2.32. The standard InChI is InChI=1S/C5H12N2O2/c1-9-5(8)2-4(7)3-6/h4H,2-3,6-7H2,1H3. The van der Waals surface area contributed by atoms with Gasteiger partial charge in [0.2, 0.25) is 0 Å². The predicted octanol–water partition coefficient (Wildman–Crippen LogP) is -1.16. The molecule has 0 radical (unpaired) electrons. The van der Waals surface area contributed by atoms with Gasteiger partial charge in [-0.05, 0) is 0 Å². The Morgan fingerprint density at radius 3 is 2.67 bits per heavy atom. The Morgan fingerprint density at radius 2 is 2.33 bits per heavy atom. The van der Waals surface area contributed by atoms with Crippen LogP contribution in [0.25, 0.3) is 0 Å². The molecular weight excluding hydrogens is 120 g/mol. The number of hydrogen-bond donors (Lipinski definition) is 2. The zero-order valence-corrected chi connectivity index (χ0v) is 5.46. The number of nitrogens with two attached hydrogens (primary N) is 2. The summed E-state index contributed by atoms with van der Waals surface area (Å²) in [4.78, 5) is 10.4. The molecule has 1 unspecified atom stereocenters. The Hall–Kier alpha value is -0.610. The minimum absolute atomic E-state index is 0.201. The smallest absolute Gasteiger partial charge is 0.307 e. The molecule has 0 aromatic heterocycles. The fourth-order valence-corrected chi connectivity index (χ4v) is 0.381. The number of rotatable bonds is 3. The Kier molecular flexibility index (Phi) is 4.00. The third kappa shape index (κ3) is 3.93. The van der Waals surface area contributed by atoms with Gasteiger partial charge >= 0.3 is 5.97 Å². The van der Waals surface area contributed by atoms with Crippen LogP contribution in [0.5, 0.6) is 0 Å². The minimum Gasteiger partial charge on any atom is -0.469 e. The summed E-state index contributed by atoms with van der Waals surface area (Å²) in [5.74, 6) is -0.312. The maximum atomic E-state index is 10.4. The summed E-state index contributed by atoms with van der Waals surface area (Å²) in [5, 5.41) is 0. The highest BCUT2D eigenvalue weighted by molar-refractivity contribution is 5.69. The van der Waals surface area contributed by atoms with Gasteiger partial charge in [-0.3, -0.25) is 4.79 Å². The topological polar surface area (TPSA) is 78.3 Å². The number of hydrogen-bond acceptors (Lipinski definition) is 4. The molecule has 4 heteroatoms. The van der Waals surface area contributed by atoms with E-state index in [1.807, 2.05) is 0 Å². The molecule has 0 heterocycles. The molecule has 1 atom stereocenters. The molecule has 0 amide bonds. The van der Waals surface area contributed by atoms with Gasteiger partial charge in [-0.15, -0.1) is 0 Å². The molecule has 0 aliphatic carbocycles. The van der Waals surface area contributed by atoms with Crippen molar-refractivity contribution in [3.8, 4) is 0 Å². The van der Waals surface area contributed by atoms with E-state index in [4.69, 9.17) is 11.5 Å². The minimum atomic E-state index is -0.312. The lowest BCUT2D eigenvalue weighted by molar-refractivity contribution is -0.140. The van der Waals surface area contributed by atoms with Crippen molar-refractivity contribution in [3.05, 3.63) is 0 Å². The predicted molar refractivity (Wildman–Crippen MR) is 33.7 cm³/mol. The first kappa shape index (κ1) is 8.39. The summed E-state index contributed by atoms with van der Waals surface area (Å²) in [6, 6.07) is -0.266. The van der Waals surface area contributed by atoms with Gasteiger partial charge in [0.25, 0.3) is 0 Å². The molecule has 4 nitrogen and oxygen atoms in total. The van der Waals surface area contributed by atoms with E-state index >= 15 is 0 Å². The average Bonchev–Trinajstić information content (AvgIpc) is 1.87. The lowest BCUT2D eigenvalue weighted by Gasteiger charge is -2.04. The van der Waals surface area contributed by atoms with Gasteiger partial charge < -0.3 is 16.2 Å². The largest absolute Gasteiger partial charge is 0.469 e. The van der Waals surface area contributed by atoms with Crippen molar-refractivity contribution in [2.75, 3.05) is 13.7 Å². The first-order chi connectivity index (χ1) is 4.20. The second kappa shape index (κ2) is 4.29. The lowest BCUT2D eigenvalue weighted by atomic mass is 10.2. The van der Waals surface area contributed by atoms with E-state index in [2.05, 4.69) is 4.74 Å². The highest BCUT2D eigenvalue weighted by Gasteiger charge is 2.05. The fraction of sp³-hybridized carbons (Fsp3) is 0.800. The average molecular weight is 132 g/mol. The third-order valence-electron chi connectivity index (χ3n) is 0.959. The second-order valence-electron chi connectivity index (χ2n) is 1.78. The molecule has 0 aromatic rings. The van der Waals surface area contributed by atoms with Gasteiger partial charge in [0.15, 0.2) is 0 Å².